The summed E-state index contributed by atoms with van der Waals surface area (Å²) in [5.74, 6) is -1.34. The monoisotopic (exact) mass is 489 g/mol. The van der Waals surface area contributed by atoms with Crippen molar-refractivity contribution in [2.24, 2.45) is 10.8 Å². The zero-order valence-corrected chi connectivity index (χ0v) is 23.4. The number of hydrogen-bond donors (Lipinski definition) is 0. The van der Waals surface area contributed by atoms with E-state index < -0.39 is 21.5 Å². The van der Waals surface area contributed by atoms with Gasteiger partial charge in [-0.3, -0.25) is 0 Å². The Kier molecular flexibility index (Phi) is 6.05. The van der Waals surface area contributed by atoms with Crippen molar-refractivity contribution in [2.75, 3.05) is 0 Å². The van der Waals surface area contributed by atoms with E-state index in [-0.39, 0.29) is 18.1 Å². The van der Waals surface area contributed by atoms with Crippen molar-refractivity contribution in [2.45, 2.75) is 75.7 Å². The van der Waals surface area contributed by atoms with E-state index in [1.54, 1.807) is 0 Å². The molecule has 0 saturated carbocycles. The summed E-state index contributed by atoms with van der Waals surface area (Å²) < 4.78 is 0.535. The van der Waals surface area contributed by atoms with E-state index in [9.17, 15) is 0 Å². The van der Waals surface area contributed by atoms with Gasteiger partial charge in [0.2, 0.25) is 0 Å². The van der Waals surface area contributed by atoms with Crippen LogP contribution in [0, 0.1) is 10.8 Å². The minimum absolute atomic E-state index is 0.0862. The van der Waals surface area contributed by atoms with Gasteiger partial charge in [0.05, 0.1) is 0 Å². The second kappa shape index (κ2) is 6.86. The molecule has 0 spiro atoms. The first kappa shape index (κ1) is 22.9. The van der Waals surface area contributed by atoms with Crippen LogP contribution in [-0.4, -0.2) is 5.92 Å². The topological polar surface area (TPSA) is 0 Å². The van der Waals surface area contributed by atoms with Crippen LogP contribution in [0.2, 0.25) is 20.3 Å². The maximum atomic E-state index is 8.01. The zero-order valence-electron chi connectivity index (χ0n) is 18.3. The number of halogens is 2. The first-order chi connectivity index (χ1) is 11.5. The standard InChI is InChI=1S/2C10H15.C2H7Si.2ClH.Zr/c2*1-8-5-6-9(7-8)10(2,3)4;1-3-2;;;/h2*5-7H,1-4H3;3H,1-2H3;2*1H;/q;;;;;+2/p-2. The van der Waals surface area contributed by atoms with Crippen LogP contribution in [0.1, 0.15) is 55.4 Å². The average Bonchev–Trinajstić information content (AvgIpc) is 3.01. The SMILES string of the molecule is CC1=CC=C(C(C)(C)C)[CH]1[Zr]([Cl])([Cl])([CH]1C(C)=CC=C1C(C)(C)C)[SiH](C)C. The molecule has 0 aromatic heterocycles. The molecule has 26 heavy (non-hydrogen) atoms. The molecule has 0 radical (unpaired) electrons. The number of hydrogen-bond acceptors (Lipinski definition) is 0. The molecule has 2 rings (SSSR count). The third-order valence-corrected chi connectivity index (χ3v) is 58.8. The summed E-state index contributed by atoms with van der Waals surface area (Å²) in [4.78, 5) is 0. The van der Waals surface area contributed by atoms with Crippen LogP contribution in [-0.2, 0) is 15.6 Å². The van der Waals surface area contributed by atoms with E-state index in [1.165, 1.54) is 22.3 Å². The van der Waals surface area contributed by atoms with E-state index in [2.05, 4.69) is 92.8 Å². The molecule has 2 unspecified atom stereocenters. The Balaban J connectivity index is 2.77. The molecular formula is C22H37Cl2SiZr. The van der Waals surface area contributed by atoms with Crippen LogP contribution >= 0.6 is 17.0 Å². The molecule has 4 heteroatoms. The van der Waals surface area contributed by atoms with Gasteiger partial charge in [-0.25, -0.2) is 0 Å². The van der Waals surface area contributed by atoms with Crippen molar-refractivity contribution in [3.05, 3.63) is 46.6 Å². The third-order valence-electron chi connectivity index (χ3n) is 6.52. The maximum absolute atomic E-state index is 8.01. The fourth-order valence-corrected chi connectivity index (χ4v) is 39.3. The summed E-state index contributed by atoms with van der Waals surface area (Å²) in [7, 11) is 16.0. The van der Waals surface area contributed by atoms with E-state index in [4.69, 9.17) is 17.0 Å². The normalized spacial score (nSPS) is 26.3. The quantitative estimate of drug-likeness (QED) is 0.348. The van der Waals surface area contributed by atoms with E-state index in [1.807, 2.05) is 0 Å². The van der Waals surface area contributed by atoms with Crippen molar-refractivity contribution in [1.82, 2.24) is 0 Å². The summed E-state index contributed by atoms with van der Waals surface area (Å²) in [6.45, 7) is 23.2. The first-order valence-corrected chi connectivity index (χ1v) is 26.2. The van der Waals surface area contributed by atoms with Gasteiger partial charge in [0, 0.05) is 0 Å². The fourth-order valence-electron chi connectivity index (χ4n) is 4.98. The average molecular weight is 492 g/mol. The zero-order chi connectivity index (χ0) is 20.3. The summed E-state index contributed by atoms with van der Waals surface area (Å²) in [5, 5.41) is 0. The Labute approximate surface area is 170 Å². The Hall–Kier alpha value is 0.640. The van der Waals surface area contributed by atoms with Crippen LogP contribution in [0.3, 0.4) is 0 Å². The van der Waals surface area contributed by atoms with Gasteiger partial charge in [0.15, 0.2) is 0 Å². The molecule has 0 aliphatic heterocycles. The summed E-state index contributed by atoms with van der Waals surface area (Å²) >= 11 is -4.29. The van der Waals surface area contributed by atoms with Crippen LogP contribution < -0.4 is 0 Å². The van der Waals surface area contributed by atoms with Crippen molar-refractivity contribution >= 4 is 22.9 Å². The van der Waals surface area contributed by atoms with Gasteiger partial charge >= 0.3 is 172 Å². The van der Waals surface area contributed by atoms with Crippen molar-refractivity contribution in [1.29, 1.82) is 0 Å². The molecule has 0 amide bonds. The first-order valence-electron chi connectivity index (χ1n) is 9.87. The molecule has 147 valence electrons. The molecule has 0 N–H and O–H groups in total. The minimum atomic E-state index is -4.29. The van der Waals surface area contributed by atoms with Gasteiger partial charge in [-0.15, -0.1) is 0 Å². The number of allylic oxidation sites excluding steroid dienone is 8. The molecule has 0 nitrogen and oxygen atoms in total. The van der Waals surface area contributed by atoms with Crippen LogP contribution in [0.5, 0.6) is 0 Å². The predicted octanol–water partition coefficient (Wildman–Crippen LogP) is 8.41. The van der Waals surface area contributed by atoms with Crippen molar-refractivity contribution in [3.63, 3.8) is 0 Å². The molecule has 2 aliphatic rings. The van der Waals surface area contributed by atoms with E-state index in [0.717, 1.165) is 0 Å². The van der Waals surface area contributed by atoms with Gasteiger partial charge in [-0.2, -0.15) is 0 Å². The van der Waals surface area contributed by atoms with Gasteiger partial charge in [0.25, 0.3) is 0 Å². The predicted molar refractivity (Wildman–Crippen MR) is 121 cm³/mol. The summed E-state index contributed by atoms with van der Waals surface area (Å²) in [6.07, 6.45) is 9.22. The molecule has 0 heterocycles. The van der Waals surface area contributed by atoms with Crippen LogP contribution in [0.15, 0.2) is 46.6 Å². The second-order valence-electron chi connectivity index (χ2n) is 10.8. The Morgan fingerprint density at radius 1 is 0.731 bits per heavy atom. The van der Waals surface area contributed by atoms with Gasteiger partial charge in [-0.1, -0.05) is 0 Å². The molecule has 0 aromatic carbocycles. The van der Waals surface area contributed by atoms with Gasteiger partial charge < -0.3 is 0 Å². The molecular weight excluding hydrogens is 454 g/mol. The number of rotatable bonds is 3. The van der Waals surface area contributed by atoms with Crippen molar-refractivity contribution in [3.8, 4) is 0 Å². The molecule has 0 aromatic rings. The summed E-state index contributed by atoms with van der Waals surface area (Å²) in [5.41, 5.74) is 5.87. The summed E-state index contributed by atoms with van der Waals surface area (Å²) in [6, 6.07) is 0. The Morgan fingerprint density at radius 3 is 1.27 bits per heavy atom. The van der Waals surface area contributed by atoms with Crippen LogP contribution in [0.4, 0.5) is 0 Å². The van der Waals surface area contributed by atoms with E-state index in [0.29, 0.717) is 0 Å². The van der Waals surface area contributed by atoms with Gasteiger partial charge in [-0.05, 0) is 0 Å². The van der Waals surface area contributed by atoms with E-state index >= 15 is 0 Å². The third kappa shape index (κ3) is 3.51. The molecule has 2 atom stereocenters. The fraction of sp³-hybridized carbons (Fsp3) is 0.636. The molecule has 0 fully saturated rings. The van der Waals surface area contributed by atoms with Crippen LogP contribution in [0.25, 0.3) is 0 Å². The Morgan fingerprint density at radius 2 is 1.04 bits per heavy atom. The molecule has 0 saturated heterocycles. The van der Waals surface area contributed by atoms with Gasteiger partial charge in [0.1, 0.15) is 0 Å². The second-order valence-corrected chi connectivity index (χ2v) is 53.3. The Bertz CT molecular complexity index is 668. The van der Waals surface area contributed by atoms with Crippen molar-refractivity contribution < 1.29 is 15.6 Å². The molecule has 2 aliphatic carbocycles. The molecule has 0 bridgehead atoms.